The summed E-state index contributed by atoms with van der Waals surface area (Å²) in [6.07, 6.45) is 0. The van der Waals surface area contributed by atoms with Crippen LogP contribution >= 0.6 is 0 Å². The Morgan fingerprint density at radius 2 is 1.09 bits per heavy atom. The van der Waals surface area contributed by atoms with Crippen LogP contribution in [0.25, 0.3) is 0 Å². The number of methoxy groups -OCH3 is 2. The van der Waals surface area contributed by atoms with Gasteiger partial charge in [0, 0.05) is 23.9 Å². The Morgan fingerprint density at radius 1 is 0.667 bits per heavy atom. The van der Waals surface area contributed by atoms with Crippen LogP contribution in [-0.2, 0) is 0 Å². The SMILES string of the molecule is COc1ccc(N)cc1F.COc1ccc([N+](=O)[O-])cc1F.O=[N+]([O-])c1ccc(F)c(F)c1. The van der Waals surface area contributed by atoms with Crippen molar-refractivity contribution in [3.8, 4) is 11.5 Å². The highest BCUT2D eigenvalue weighted by Gasteiger charge is 2.10. The molecule has 0 radical (unpaired) electrons. The molecule has 176 valence electrons. The molecular weight excluding hydrogens is 454 g/mol. The lowest BCUT2D eigenvalue weighted by molar-refractivity contribution is -0.385. The van der Waals surface area contributed by atoms with E-state index in [2.05, 4.69) is 9.47 Å². The molecule has 0 aliphatic rings. The molecule has 0 saturated carbocycles. The van der Waals surface area contributed by atoms with E-state index >= 15 is 0 Å². The number of rotatable bonds is 4. The Balaban J connectivity index is 0.000000249. The van der Waals surface area contributed by atoms with Gasteiger partial charge >= 0.3 is 0 Å². The molecule has 0 aliphatic heterocycles. The third-order valence-corrected chi connectivity index (χ3v) is 3.64. The molecule has 0 amide bonds. The molecule has 0 bridgehead atoms. The minimum atomic E-state index is -1.21. The number of nitrogens with zero attached hydrogens (tertiary/aromatic N) is 2. The lowest BCUT2D eigenvalue weighted by Crippen LogP contribution is -1.91. The second-order valence-corrected chi connectivity index (χ2v) is 5.83. The maximum atomic E-state index is 12.8. The number of nitro groups is 2. The van der Waals surface area contributed by atoms with Gasteiger partial charge in [0.25, 0.3) is 11.4 Å². The van der Waals surface area contributed by atoms with E-state index in [0.717, 1.165) is 12.1 Å². The highest BCUT2D eigenvalue weighted by atomic mass is 19.2. The Hall–Kier alpha value is -4.42. The molecule has 33 heavy (non-hydrogen) atoms. The number of halogens is 4. The van der Waals surface area contributed by atoms with Gasteiger partial charge < -0.3 is 15.2 Å². The third kappa shape index (κ3) is 8.32. The fraction of sp³-hybridized carbons (Fsp3) is 0.100. The molecule has 2 N–H and O–H groups in total. The number of hydrogen-bond donors (Lipinski definition) is 1. The second-order valence-electron chi connectivity index (χ2n) is 5.83. The quantitative estimate of drug-likeness (QED) is 0.244. The van der Waals surface area contributed by atoms with E-state index in [1.807, 2.05) is 0 Å². The van der Waals surface area contributed by atoms with Gasteiger partial charge in [-0.05, 0) is 24.3 Å². The van der Waals surface area contributed by atoms with E-state index in [9.17, 15) is 37.8 Å². The predicted octanol–water partition coefficient (Wildman–Crippen LogP) is 5.03. The van der Waals surface area contributed by atoms with Crippen LogP contribution in [0.4, 0.5) is 34.6 Å². The van der Waals surface area contributed by atoms with Crippen molar-refractivity contribution in [2.45, 2.75) is 0 Å². The molecule has 0 fully saturated rings. The summed E-state index contributed by atoms with van der Waals surface area (Å²) < 4.78 is 59.1. The first-order valence-electron chi connectivity index (χ1n) is 8.66. The molecule has 0 saturated heterocycles. The van der Waals surface area contributed by atoms with Gasteiger partial charge in [0.1, 0.15) is 0 Å². The fourth-order valence-electron chi connectivity index (χ4n) is 2.05. The summed E-state index contributed by atoms with van der Waals surface area (Å²) in [6.45, 7) is 0. The zero-order valence-corrected chi connectivity index (χ0v) is 17.1. The van der Waals surface area contributed by atoms with Gasteiger partial charge in [-0.25, -0.2) is 17.6 Å². The molecule has 0 unspecified atom stereocenters. The molecule has 0 atom stereocenters. The Morgan fingerprint density at radius 3 is 1.48 bits per heavy atom. The van der Waals surface area contributed by atoms with Gasteiger partial charge in [-0.3, -0.25) is 20.2 Å². The smallest absolute Gasteiger partial charge is 0.272 e. The van der Waals surface area contributed by atoms with E-state index in [1.54, 1.807) is 6.07 Å². The summed E-state index contributed by atoms with van der Waals surface area (Å²) in [5.41, 5.74) is 4.95. The molecule has 0 aliphatic carbocycles. The number of anilines is 1. The molecule has 3 aromatic carbocycles. The van der Waals surface area contributed by atoms with Gasteiger partial charge in [0.05, 0.1) is 36.2 Å². The highest BCUT2D eigenvalue weighted by Crippen LogP contribution is 2.21. The van der Waals surface area contributed by atoms with Crippen molar-refractivity contribution in [3.63, 3.8) is 0 Å². The normalized spacial score (nSPS) is 9.52. The minimum absolute atomic E-state index is 0.000556. The maximum Gasteiger partial charge on any atom is 0.272 e. The van der Waals surface area contributed by atoms with Crippen LogP contribution in [-0.4, -0.2) is 24.1 Å². The molecule has 13 heteroatoms. The maximum absolute atomic E-state index is 12.8. The van der Waals surface area contributed by atoms with Gasteiger partial charge in [-0.15, -0.1) is 0 Å². The van der Waals surface area contributed by atoms with Crippen LogP contribution in [0.2, 0.25) is 0 Å². The summed E-state index contributed by atoms with van der Waals surface area (Å²) >= 11 is 0. The lowest BCUT2D eigenvalue weighted by Gasteiger charge is -2.00. The zero-order valence-electron chi connectivity index (χ0n) is 17.1. The van der Waals surface area contributed by atoms with Crippen molar-refractivity contribution in [3.05, 3.63) is 98.1 Å². The standard InChI is InChI=1S/C7H6FNO3.C7H8FNO.C6H3F2NO2/c1-12-7-3-2-5(9(10)11)4-6(7)8;1-10-7-3-2-5(9)4-6(7)8;7-5-2-1-4(9(10)11)3-6(5)8/h2-4H,1H3;2-4H,9H2,1H3;1-3H. The lowest BCUT2D eigenvalue weighted by atomic mass is 10.3. The predicted molar refractivity (Wildman–Crippen MR) is 110 cm³/mol. The van der Waals surface area contributed by atoms with E-state index < -0.39 is 38.8 Å². The number of nitro benzene ring substituents is 2. The number of nitrogen functional groups attached to an aromatic ring is 1. The van der Waals surface area contributed by atoms with E-state index in [1.165, 1.54) is 38.5 Å². The minimum Gasteiger partial charge on any atom is -0.494 e. The van der Waals surface area contributed by atoms with Crippen molar-refractivity contribution in [1.29, 1.82) is 0 Å². The van der Waals surface area contributed by atoms with E-state index in [0.29, 0.717) is 17.8 Å². The monoisotopic (exact) mass is 471 g/mol. The average Bonchev–Trinajstić information content (AvgIpc) is 2.76. The number of ether oxygens (including phenoxy) is 2. The van der Waals surface area contributed by atoms with Gasteiger partial charge in [-0.2, -0.15) is 0 Å². The van der Waals surface area contributed by atoms with Crippen LogP contribution in [0, 0.1) is 43.5 Å². The van der Waals surface area contributed by atoms with E-state index in [4.69, 9.17) is 5.73 Å². The Kier molecular flexibility index (Phi) is 10.0. The second kappa shape index (κ2) is 12.4. The highest BCUT2D eigenvalue weighted by molar-refractivity contribution is 5.42. The first-order valence-corrected chi connectivity index (χ1v) is 8.66. The summed E-state index contributed by atoms with van der Waals surface area (Å²) in [7, 11) is 2.71. The van der Waals surface area contributed by atoms with Crippen molar-refractivity contribution in [1.82, 2.24) is 0 Å². The number of non-ortho nitro benzene ring substituents is 2. The van der Waals surface area contributed by atoms with Crippen LogP contribution in [0.5, 0.6) is 11.5 Å². The molecular formula is C20H17F4N3O6. The van der Waals surface area contributed by atoms with Crippen molar-refractivity contribution >= 4 is 17.1 Å². The van der Waals surface area contributed by atoms with Crippen LogP contribution < -0.4 is 15.2 Å². The van der Waals surface area contributed by atoms with Crippen LogP contribution in [0.3, 0.4) is 0 Å². The topological polar surface area (TPSA) is 131 Å². The molecule has 3 rings (SSSR count). The van der Waals surface area contributed by atoms with Gasteiger partial charge in [0.15, 0.2) is 34.8 Å². The van der Waals surface area contributed by atoms with Crippen LogP contribution in [0.15, 0.2) is 54.6 Å². The number of hydrogen-bond acceptors (Lipinski definition) is 7. The average molecular weight is 471 g/mol. The van der Waals surface area contributed by atoms with Crippen molar-refractivity contribution in [2.24, 2.45) is 0 Å². The van der Waals surface area contributed by atoms with Gasteiger partial charge in [-0.1, -0.05) is 0 Å². The molecule has 0 spiro atoms. The zero-order chi connectivity index (χ0) is 25.1. The first-order chi connectivity index (χ1) is 15.5. The van der Waals surface area contributed by atoms with Gasteiger partial charge in [0.2, 0.25) is 0 Å². The Bertz CT molecular complexity index is 1130. The molecule has 0 heterocycles. The fourth-order valence-corrected chi connectivity index (χ4v) is 2.05. The Labute approximate surface area is 184 Å². The molecule has 3 aromatic rings. The summed E-state index contributed by atoms with van der Waals surface area (Å²) in [5.74, 6) is -3.24. The summed E-state index contributed by atoms with van der Waals surface area (Å²) in [6, 6.07) is 9.67. The molecule has 0 aromatic heterocycles. The van der Waals surface area contributed by atoms with Crippen molar-refractivity contribution in [2.75, 3.05) is 20.0 Å². The van der Waals surface area contributed by atoms with E-state index in [-0.39, 0.29) is 17.2 Å². The summed E-state index contributed by atoms with van der Waals surface area (Å²) in [4.78, 5) is 18.7. The number of nitrogens with two attached hydrogens (primary N) is 1. The van der Waals surface area contributed by atoms with Crippen LogP contribution in [0.1, 0.15) is 0 Å². The summed E-state index contributed by atoms with van der Waals surface area (Å²) in [5, 5.41) is 20.1. The molecule has 9 nitrogen and oxygen atoms in total. The number of benzene rings is 3. The van der Waals surface area contributed by atoms with Crippen molar-refractivity contribution < 1.29 is 36.9 Å². The largest absolute Gasteiger partial charge is 0.494 e. The first kappa shape index (κ1) is 26.6. The third-order valence-electron chi connectivity index (χ3n) is 3.64.